The van der Waals surface area contributed by atoms with E-state index in [-0.39, 0.29) is 18.0 Å². The Morgan fingerprint density at radius 2 is 2.12 bits per heavy atom. The van der Waals surface area contributed by atoms with Crippen LogP contribution in [0, 0.1) is 5.92 Å². The van der Waals surface area contributed by atoms with E-state index in [4.69, 9.17) is 0 Å². The Hall–Kier alpha value is -1.06. The average Bonchev–Trinajstić information content (AvgIpc) is 2.38. The summed E-state index contributed by atoms with van der Waals surface area (Å²) in [6.07, 6.45) is 3.78. The van der Waals surface area contributed by atoms with Crippen LogP contribution in [-0.2, 0) is 4.79 Å². The van der Waals surface area contributed by atoms with Gasteiger partial charge in [0.15, 0.2) is 0 Å². The number of hydrogen-bond acceptors (Lipinski definition) is 2. The smallest absolute Gasteiger partial charge is 0.323 e. The molecule has 0 bridgehead atoms. The van der Waals surface area contributed by atoms with Crippen molar-refractivity contribution in [3.63, 3.8) is 0 Å². The summed E-state index contributed by atoms with van der Waals surface area (Å²) in [5.74, 6) is 0.504. The molecule has 1 spiro atoms. The third kappa shape index (κ3) is 1.60. The molecule has 1 N–H and O–H groups in total. The van der Waals surface area contributed by atoms with Gasteiger partial charge in [0.1, 0.15) is 5.54 Å². The highest BCUT2D eigenvalue weighted by Gasteiger charge is 2.52. The molecule has 0 aromatic carbocycles. The van der Waals surface area contributed by atoms with E-state index in [0.717, 1.165) is 25.7 Å². The van der Waals surface area contributed by atoms with Crippen LogP contribution in [-0.4, -0.2) is 28.4 Å². The largest absolute Gasteiger partial charge is 0.325 e. The number of rotatable bonds is 1. The van der Waals surface area contributed by atoms with Crippen LogP contribution in [0.15, 0.2) is 0 Å². The Bertz CT molecular complexity index is 327. The van der Waals surface area contributed by atoms with Gasteiger partial charge in [-0.2, -0.15) is 0 Å². The van der Waals surface area contributed by atoms with Crippen molar-refractivity contribution in [1.29, 1.82) is 0 Å². The number of urea groups is 1. The van der Waals surface area contributed by atoms with E-state index in [9.17, 15) is 9.59 Å². The molecule has 1 saturated carbocycles. The summed E-state index contributed by atoms with van der Waals surface area (Å²) in [7, 11) is 0. The molecule has 2 atom stereocenters. The number of amides is 3. The average molecular weight is 224 g/mol. The van der Waals surface area contributed by atoms with Crippen molar-refractivity contribution in [3.8, 4) is 0 Å². The van der Waals surface area contributed by atoms with Gasteiger partial charge in [-0.25, -0.2) is 4.79 Å². The zero-order valence-electron chi connectivity index (χ0n) is 10.2. The molecule has 0 radical (unpaired) electrons. The first kappa shape index (κ1) is 11.4. The van der Waals surface area contributed by atoms with Gasteiger partial charge in [0, 0.05) is 6.04 Å². The molecule has 4 nitrogen and oxygen atoms in total. The van der Waals surface area contributed by atoms with E-state index in [1.54, 1.807) is 0 Å². The minimum Gasteiger partial charge on any atom is -0.323 e. The maximum atomic E-state index is 12.3. The van der Waals surface area contributed by atoms with E-state index in [0.29, 0.717) is 5.92 Å². The quantitative estimate of drug-likeness (QED) is 0.691. The normalized spacial score (nSPS) is 35.0. The Morgan fingerprint density at radius 1 is 1.44 bits per heavy atom. The third-order valence-corrected chi connectivity index (χ3v) is 3.71. The molecule has 2 aliphatic rings. The van der Waals surface area contributed by atoms with Crippen LogP contribution in [0.25, 0.3) is 0 Å². The highest BCUT2D eigenvalue weighted by Crippen LogP contribution is 2.37. The molecule has 16 heavy (non-hydrogen) atoms. The van der Waals surface area contributed by atoms with Gasteiger partial charge in [-0.15, -0.1) is 0 Å². The van der Waals surface area contributed by atoms with Crippen LogP contribution in [0.5, 0.6) is 0 Å². The summed E-state index contributed by atoms with van der Waals surface area (Å²) in [5, 5.41) is 2.92. The number of nitrogens with zero attached hydrogens (tertiary/aromatic N) is 1. The summed E-state index contributed by atoms with van der Waals surface area (Å²) in [6.45, 7) is 5.91. The fourth-order valence-electron chi connectivity index (χ4n) is 2.97. The summed E-state index contributed by atoms with van der Waals surface area (Å²) >= 11 is 0. The fourth-order valence-corrected chi connectivity index (χ4v) is 2.97. The van der Waals surface area contributed by atoms with Gasteiger partial charge in [0.2, 0.25) is 0 Å². The van der Waals surface area contributed by atoms with Crippen molar-refractivity contribution in [3.05, 3.63) is 0 Å². The number of imide groups is 1. The van der Waals surface area contributed by atoms with Crippen LogP contribution < -0.4 is 5.32 Å². The lowest BCUT2D eigenvalue weighted by Crippen LogP contribution is -2.50. The molecular formula is C12H20N2O2. The second kappa shape index (κ2) is 3.75. The SMILES string of the molecule is CC1CCCC2(C1)NC(=O)N(C(C)C)C2=O. The predicted molar refractivity (Wildman–Crippen MR) is 60.9 cm³/mol. The van der Waals surface area contributed by atoms with Crippen molar-refractivity contribution >= 4 is 11.9 Å². The molecule has 90 valence electrons. The lowest BCUT2D eigenvalue weighted by atomic mass is 9.76. The molecular weight excluding hydrogens is 204 g/mol. The van der Waals surface area contributed by atoms with Gasteiger partial charge in [-0.3, -0.25) is 9.69 Å². The molecule has 0 aromatic heterocycles. The van der Waals surface area contributed by atoms with Crippen molar-refractivity contribution in [2.24, 2.45) is 5.92 Å². The van der Waals surface area contributed by atoms with E-state index in [1.807, 2.05) is 13.8 Å². The minimum atomic E-state index is -0.584. The first-order chi connectivity index (χ1) is 7.46. The summed E-state index contributed by atoms with van der Waals surface area (Å²) in [4.78, 5) is 25.5. The molecule has 2 rings (SSSR count). The molecule has 3 amide bonds. The lowest BCUT2D eigenvalue weighted by molar-refractivity contribution is -0.134. The molecule has 1 aliphatic heterocycles. The van der Waals surface area contributed by atoms with Gasteiger partial charge >= 0.3 is 6.03 Å². The van der Waals surface area contributed by atoms with Crippen molar-refractivity contribution in [2.75, 3.05) is 0 Å². The first-order valence-electron chi connectivity index (χ1n) is 6.12. The molecule has 0 aromatic rings. The standard InChI is InChI=1S/C12H20N2O2/c1-8(2)14-10(15)12(13-11(14)16)6-4-5-9(3)7-12/h8-9H,4-7H2,1-3H3,(H,13,16). The van der Waals surface area contributed by atoms with E-state index in [2.05, 4.69) is 12.2 Å². The Balaban J connectivity index is 2.24. The number of nitrogens with one attached hydrogen (secondary N) is 1. The zero-order valence-corrected chi connectivity index (χ0v) is 10.2. The molecule has 1 heterocycles. The van der Waals surface area contributed by atoms with E-state index >= 15 is 0 Å². The monoisotopic (exact) mass is 224 g/mol. The third-order valence-electron chi connectivity index (χ3n) is 3.71. The van der Waals surface area contributed by atoms with Crippen molar-refractivity contribution < 1.29 is 9.59 Å². The minimum absolute atomic E-state index is 0.0148. The van der Waals surface area contributed by atoms with Crippen LogP contribution in [0.1, 0.15) is 46.5 Å². The van der Waals surface area contributed by atoms with E-state index in [1.165, 1.54) is 4.90 Å². The number of hydrogen-bond donors (Lipinski definition) is 1. The second-order valence-corrected chi connectivity index (χ2v) is 5.48. The Kier molecular flexibility index (Phi) is 2.68. The molecule has 4 heteroatoms. The maximum Gasteiger partial charge on any atom is 0.325 e. The summed E-state index contributed by atoms with van der Waals surface area (Å²) in [6, 6.07) is -0.266. The summed E-state index contributed by atoms with van der Waals surface area (Å²) in [5.41, 5.74) is -0.584. The molecule has 1 aliphatic carbocycles. The van der Waals surface area contributed by atoms with Gasteiger partial charge in [-0.1, -0.05) is 19.8 Å². The molecule has 1 saturated heterocycles. The zero-order chi connectivity index (χ0) is 11.9. The molecule has 2 fully saturated rings. The van der Waals surface area contributed by atoms with Crippen molar-refractivity contribution in [1.82, 2.24) is 10.2 Å². The topological polar surface area (TPSA) is 49.4 Å². The van der Waals surface area contributed by atoms with Crippen LogP contribution in [0.2, 0.25) is 0 Å². The summed E-state index contributed by atoms with van der Waals surface area (Å²) < 4.78 is 0. The molecule has 2 unspecified atom stereocenters. The van der Waals surface area contributed by atoms with Gasteiger partial charge in [-0.05, 0) is 32.6 Å². The highest BCUT2D eigenvalue weighted by molar-refractivity contribution is 6.07. The van der Waals surface area contributed by atoms with Gasteiger partial charge in [0.05, 0.1) is 0 Å². The maximum absolute atomic E-state index is 12.3. The van der Waals surface area contributed by atoms with E-state index < -0.39 is 5.54 Å². The predicted octanol–water partition coefficient (Wildman–Crippen LogP) is 1.90. The van der Waals surface area contributed by atoms with Crippen LogP contribution in [0.4, 0.5) is 4.79 Å². The highest BCUT2D eigenvalue weighted by atomic mass is 16.2. The Morgan fingerprint density at radius 3 is 2.62 bits per heavy atom. The van der Waals surface area contributed by atoms with Crippen molar-refractivity contribution in [2.45, 2.75) is 58.0 Å². The number of carbonyl (C=O) groups is 2. The second-order valence-electron chi connectivity index (χ2n) is 5.48. The van der Waals surface area contributed by atoms with Gasteiger partial charge in [0.25, 0.3) is 5.91 Å². The Labute approximate surface area is 96.4 Å². The van der Waals surface area contributed by atoms with Crippen LogP contribution in [0.3, 0.4) is 0 Å². The first-order valence-corrected chi connectivity index (χ1v) is 6.12. The lowest BCUT2D eigenvalue weighted by Gasteiger charge is -2.34. The number of carbonyl (C=O) groups excluding carboxylic acids is 2. The van der Waals surface area contributed by atoms with Crippen LogP contribution >= 0.6 is 0 Å². The fraction of sp³-hybridized carbons (Fsp3) is 0.833. The van der Waals surface area contributed by atoms with Gasteiger partial charge < -0.3 is 5.32 Å².